The number of ether oxygens (including phenoxy) is 1. The van der Waals surface area contributed by atoms with Gasteiger partial charge in [0, 0.05) is 30.0 Å². The van der Waals surface area contributed by atoms with Gasteiger partial charge in [-0.2, -0.15) is 0 Å². The van der Waals surface area contributed by atoms with E-state index in [1.165, 1.54) is 0 Å². The topological polar surface area (TPSA) is 41.6 Å². The number of nitrogens with zero attached hydrogens (tertiary/aromatic N) is 1. The highest BCUT2D eigenvalue weighted by Crippen LogP contribution is 2.18. The first-order chi connectivity index (χ1) is 10.7. The van der Waals surface area contributed by atoms with Crippen LogP contribution in [0.25, 0.3) is 0 Å². The third-order valence-corrected chi connectivity index (χ3v) is 3.78. The highest BCUT2D eigenvalue weighted by molar-refractivity contribution is 6.04. The number of carbonyl (C=O) groups is 1. The minimum absolute atomic E-state index is 0.0841. The summed E-state index contributed by atoms with van der Waals surface area (Å²) in [6, 6.07) is 15.5. The van der Waals surface area contributed by atoms with Crippen LogP contribution in [-0.2, 0) is 4.74 Å². The summed E-state index contributed by atoms with van der Waals surface area (Å²) in [5.41, 5.74) is 3.75. The van der Waals surface area contributed by atoms with Gasteiger partial charge in [0.1, 0.15) is 0 Å². The van der Waals surface area contributed by atoms with Crippen molar-refractivity contribution in [3.8, 4) is 0 Å². The maximum Gasteiger partial charge on any atom is 0.255 e. The standard InChI is InChI=1S/C18H20N2O2/c1-14-3-2-4-16(13-14)19-18(21)15-5-7-17(8-6-15)20-9-11-22-12-10-20/h2-8,13H,9-12H2,1H3,(H,19,21). The number of hydrogen-bond donors (Lipinski definition) is 1. The second-order valence-corrected chi connectivity index (χ2v) is 5.47. The summed E-state index contributed by atoms with van der Waals surface area (Å²) < 4.78 is 5.35. The van der Waals surface area contributed by atoms with Crippen molar-refractivity contribution in [3.63, 3.8) is 0 Å². The van der Waals surface area contributed by atoms with Crippen molar-refractivity contribution in [1.82, 2.24) is 0 Å². The van der Waals surface area contributed by atoms with Gasteiger partial charge in [0.15, 0.2) is 0 Å². The number of rotatable bonds is 3. The van der Waals surface area contributed by atoms with E-state index in [0.717, 1.165) is 43.2 Å². The van der Waals surface area contributed by atoms with Crippen molar-refractivity contribution in [3.05, 3.63) is 59.7 Å². The average molecular weight is 296 g/mol. The van der Waals surface area contributed by atoms with E-state index in [9.17, 15) is 4.79 Å². The van der Waals surface area contributed by atoms with E-state index >= 15 is 0 Å². The Labute approximate surface area is 130 Å². The molecule has 3 rings (SSSR count). The third-order valence-electron chi connectivity index (χ3n) is 3.78. The number of aryl methyl sites for hydroxylation is 1. The molecule has 1 saturated heterocycles. The first kappa shape index (κ1) is 14.6. The van der Waals surface area contributed by atoms with Gasteiger partial charge in [0.2, 0.25) is 0 Å². The molecule has 0 unspecified atom stereocenters. The Bertz CT molecular complexity index is 646. The van der Waals surface area contributed by atoms with E-state index < -0.39 is 0 Å². The summed E-state index contributed by atoms with van der Waals surface area (Å²) in [7, 11) is 0. The van der Waals surface area contributed by atoms with Crippen molar-refractivity contribution >= 4 is 17.3 Å². The minimum Gasteiger partial charge on any atom is -0.378 e. The molecule has 0 spiro atoms. The van der Waals surface area contributed by atoms with Gasteiger partial charge >= 0.3 is 0 Å². The second kappa shape index (κ2) is 6.62. The molecule has 0 aromatic heterocycles. The molecule has 0 radical (unpaired) electrons. The van der Waals surface area contributed by atoms with E-state index in [0.29, 0.717) is 5.56 Å². The van der Waals surface area contributed by atoms with Gasteiger partial charge in [0.05, 0.1) is 13.2 Å². The summed E-state index contributed by atoms with van der Waals surface area (Å²) in [6.45, 7) is 5.32. The molecule has 1 amide bonds. The summed E-state index contributed by atoms with van der Waals surface area (Å²) in [5.74, 6) is -0.0841. The highest BCUT2D eigenvalue weighted by atomic mass is 16.5. The zero-order valence-corrected chi connectivity index (χ0v) is 12.7. The summed E-state index contributed by atoms with van der Waals surface area (Å²) in [4.78, 5) is 14.5. The summed E-state index contributed by atoms with van der Waals surface area (Å²) >= 11 is 0. The molecule has 1 aliphatic rings. The Morgan fingerprint density at radius 2 is 1.82 bits per heavy atom. The van der Waals surface area contributed by atoms with Crippen molar-refractivity contribution in [1.29, 1.82) is 0 Å². The molecule has 2 aromatic rings. The molecule has 0 aliphatic carbocycles. The number of morpholine rings is 1. The lowest BCUT2D eigenvalue weighted by molar-refractivity contribution is 0.102. The predicted molar refractivity (Wildman–Crippen MR) is 88.6 cm³/mol. The zero-order chi connectivity index (χ0) is 15.4. The van der Waals surface area contributed by atoms with Crippen LogP contribution in [0.3, 0.4) is 0 Å². The van der Waals surface area contributed by atoms with Crippen LogP contribution in [-0.4, -0.2) is 32.2 Å². The lowest BCUT2D eigenvalue weighted by Gasteiger charge is -2.28. The normalized spacial score (nSPS) is 14.7. The van der Waals surface area contributed by atoms with Crippen LogP contribution >= 0.6 is 0 Å². The first-order valence-electron chi connectivity index (χ1n) is 7.53. The Kier molecular flexibility index (Phi) is 4.39. The molecule has 1 aliphatic heterocycles. The van der Waals surface area contributed by atoms with Crippen molar-refractivity contribution < 1.29 is 9.53 Å². The van der Waals surface area contributed by atoms with E-state index in [-0.39, 0.29) is 5.91 Å². The number of nitrogens with one attached hydrogen (secondary N) is 1. The van der Waals surface area contributed by atoms with Gasteiger partial charge in [-0.05, 0) is 48.9 Å². The Hall–Kier alpha value is -2.33. The molecule has 0 atom stereocenters. The summed E-state index contributed by atoms with van der Waals surface area (Å²) in [5, 5.41) is 2.93. The van der Waals surface area contributed by atoms with E-state index in [4.69, 9.17) is 4.74 Å². The first-order valence-corrected chi connectivity index (χ1v) is 7.53. The Morgan fingerprint density at radius 3 is 2.50 bits per heavy atom. The van der Waals surface area contributed by atoms with Crippen LogP contribution in [0.1, 0.15) is 15.9 Å². The number of benzene rings is 2. The van der Waals surface area contributed by atoms with E-state index in [1.807, 2.05) is 55.5 Å². The van der Waals surface area contributed by atoms with Crippen molar-refractivity contribution in [2.45, 2.75) is 6.92 Å². The van der Waals surface area contributed by atoms with E-state index in [1.54, 1.807) is 0 Å². The fourth-order valence-electron chi connectivity index (χ4n) is 2.57. The minimum atomic E-state index is -0.0841. The molecule has 114 valence electrons. The zero-order valence-electron chi connectivity index (χ0n) is 12.7. The second-order valence-electron chi connectivity index (χ2n) is 5.47. The lowest BCUT2D eigenvalue weighted by Crippen LogP contribution is -2.36. The quantitative estimate of drug-likeness (QED) is 0.946. The molecular weight excluding hydrogens is 276 g/mol. The van der Waals surface area contributed by atoms with Crippen LogP contribution in [0, 0.1) is 6.92 Å². The fourth-order valence-corrected chi connectivity index (χ4v) is 2.57. The monoisotopic (exact) mass is 296 g/mol. The molecular formula is C18H20N2O2. The molecule has 4 heteroatoms. The van der Waals surface area contributed by atoms with Crippen LogP contribution < -0.4 is 10.2 Å². The van der Waals surface area contributed by atoms with Gasteiger partial charge in [-0.25, -0.2) is 0 Å². The van der Waals surface area contributed by atoms with Crippen LogP contribution in [0.4, 0.5) is 11.4 Å². The molecule has 22 heavy (non-hydrogen) atoms. The van der Waals surface area contributed by atoms with Crippen LogP contribution in [0.5, 0.6) is 0 Å². The van der Waals surface area contributed by atoms with Crippen molar-refractivity contribution in [2.24, 2.45) is 0 Å². The molecule has 1 fully saturated rings. The molecule has 1 heterocycles. The average Bonchev–Trinajstić information content (AvgIpc) is 2.56. The molecule has 2 aromatic carbocycles. The largest absolute Gasteiger partial charge is 0.378 e. The Morgan fingerprint density at radius 1 is 1.09 bits per heavy atom. The van der Waals surface area contributed by atoms with Crippen molar-refractivity contribution in [2.75, 3.05) is 36.5 Å². The fraction of sp³-hybridized carbons (Fsp3) is 0.278. The SMILES string of the molecule is Cc1cccc(NC(=O)c2ccc(N3CCOCC3)cc2)c1. The number of amides is 1. The van der Waals surface area contributed by atoms with Crippen LogP contribution in [0.2, 0.25) is 0 Å². The maximum absolute atomic E-state index is 12.3. The van der Waals surface area contributed by atoms with Crippen LogP contribution in [0.15, 0.2) is 48.5 Å². The molecule has 4 nitrogen and oxygen atoms in total. The molecule has 0 saturated carbocycles. The molecule has 1 N–H and O–H groups in total. The number of hydrogen-bond acceptors (Lipinski definition) is 3. The summed E-state index contributed by atoms with van der Waals surface area (Å²) in [6.07, 6.45) is 0. The van der Waals surface area contributed by atoms with Gasteiger partial charge < -0.3 is 15.0 Å². The van der Waals surface area contributed by atoms with Gasteiger partial charge in [-0.3, -0.25) is 4.79 Å². The molecule has 0 bridgehead atoms. The van der Waals surface area contributed by atoms with E-state index in [2.05, 4.69) is 10.2 Å². The third kappa shape index (κ3) is 3.46. The predicted octanol–water partition coefficient (Wildman–Crippen LogP) is 3.08. The number of carbonyl (C=O) groups excluding carboxylic acids is 1. The van der Waals surface area contributed by atoms with Gasteiger partial charge in [0.25, 0.3) is 5.91 Å². The van der Waals surface area contributed by atoms with Gasteiger partial charge in [-0.1, -0.05) is 12.1 Å². The van der Waals surface area contributed by atoms with Gasteiger partial charge in [-0.15, -0.1) is 0 Å². The lowest BCUT2D eigenvalue weighted by atomic mass is 10.1. The number of anilines is 2. The maximum atomic E-state index is 12.3. The Balaban J connectivity index is 1.68. The smallest absolute Gasteiger partial charge is 0.255 e. The highest BCUT2D eigenvalue weighted by Gasteiger charge is 2.12.